The summed E-state index contributed by atoms with van der Waals surface area (Å²) in [6, 6.07) is 14.0. The van der Waals surface area contributed by atoms with E-state index in [9.17, 15) is 0 Å². The van der Waals surface area contributed by atoms with Gasteiger partial charge in [-0.25, -0.2) is 0 Å². The molecule has 0 N–H and O–H groups in total. The molecule has 0 unspecified atom stereocenters. The predicted octanol–water partition coefficient (Wildman–Crippen LogP) is 7.60. The molecule has 0 heterocycles. The van der Waals surface area contributed by atoms with Crippen LogP contribution in [0.15, 0.2) is 36.4 Å². The first-order chi connectivity index (χ1) is 11.5. The third kappa shape index (κ3) is 4.29. The average molecular weight is 323 g/mol. The van der Waals surface area contributed by atoms with Gasteiger partial charge in [0.15, 0.2) is 0 Å². The van der Waals surface area contributed by atoms with Gasteiger partial charge in [-0.15, -0.1) is 0 Å². The number of hydrogen-bond acceptors (Lipinski definition) is 0. The van der Waals surface area contributed by atoms with Crippen LogP contribution in [0.1, 0.15) is 74.6 Å². The second-order valence-electron chi connectivity index (χ2n) is 7.31. The maximum absolute atomic E-state index is 2.39. The van der Waals surface area contributed by atoms with Gasteiger partial charge in [0.2, 0.25) is 0 Å². The zero-order chi connectivity index (χ0) is 17.7. The molecule has 2 aromatic rings. The van der Waals surface area contributed by atoms with Crippen LogP contribution in [0, 0.1) is 26.7 Å². The first-order valence-electron chi connectivity index (χ1n) is 9.73. The fourth-order valence-corrected chi connectivity index (χ4v) is 3.74. The highest BCUT2D eigenvalue weighted by Gasteiger charge is 2.19. The Hall–Kier alpha value is -1.56. The van der Waals surface area contributed by atoms with Crippen molar-refractivity contribution >= 4 is 0 Å². The lowest BCUT2D eigenvalue weighted by molar-refractivity contribution is 0.348. The summed E-state index contributed by atoms with van der Waals surface area (Å²) < 4.78 is 0. The van der Waals surface area contributed by atoms with Gasteiger partial charge in [0, 0.05) is 0 Å². The SMILES string of the molecule is CC.Cc1cc(-c2ccc(C3CCC(C)CC3)cc2)cc(C)c1C. The minimum atomic E-state index is 0.784. The molecular formula is C24H34. The van der Waals surface area contributed by atoms with Gasteiger partial charge in [-0.2, -0.15) is 0 Å². The number of hydrogen-bond donors (Lipinski definition) is 0. The summed E-state index contributed by atoms with van der Waals surface area (Å²) in [6.45, 7) is 13.0. The summed E-state index contributed by atoms with van der Waals surface area (Å²) >= 11 is 0. The first-order valence-corrected chi connectivity index (χ1v) is 9.73. The van der Waals surface area contributed by atoms with Crippen LogP contribution < -0.4 is 0 Å². The molecule has 0 bridgehead atoms. The Bertz CT molecular complexity index is 617. The van der Waals surface area contributed by atoms with Gasteiger partial charge < -0.3 is 0 Å². The lowest BCUT2D eigenvalue weighted by atomic mass is 9.79. The van der Waals surface area contributed by atoms with Crippen molar-refractivity contribution in [2.75, 3.05) is 0 Å². The van der Waals surface area contributed by atoms with Crippen molar-refractivity contribution in [3.8, 4) is 11.1 Å². The van der Waals surface area contributed by atoms with Crippen molar-refractivity contribution in [3.05, 3.63) is 58.7 Å². The van der Waals surface area contributed by atoms with Gasteiger partial charge in [0.1, 0.15) is 0 Å². The van der Waals surface area contributed by atoms with Crippen molar-refractivity contribution in [1.29, 1.82) is 0 Å². The second kappa shape index (κ2) is 8.51. The quantitative estimate of drug-likeness (QED) is 0.534. The van der Waals surface area contributed by atoms with E-state index < -0.39 is 0 Å². The summed E-state index contributed by atoms with van der Waals surface area (Å²) in [5, 5.41) is 0. The van der Waals surface area contributed by atoms with Gasteiger partial charge >= 0.3 is 0 Å². The van der Waals surface area contributed by atoms with E-state index in [-0.39, 0.29) is 0 Å². The monoisotopic (exact) mass is 322 g/mol. The second-order valence-corrected chi connectivity index (χ2v) is 7.31. The Labute approximate surface area is 149 Å². The summed E-state index contributed by atoms with van der Waals surface area (Å²) in [7, 11) is 0. The molecule has 1 fully saturated rings. The normalized spacial score (nSPS) is 20.2. The lowest BCUT2D eigenvalue weighted by Gasteiger charge is -2.26. The van der Waals surface area contributed by atoms with Crippen LogP contribution in [0.5, 0.6) is 0 Å². The Morgan fingerprint density at radius 2 is 1.21 bits per heavy atom. The minimum Gasteiger partial charge on any atom is -0.0683 e. The molecular weight excluding hydrogens is 288 g/mol. The fraction of sp³-hybridized carbons (Fsp3) is 0.500. The molecule has 0 nitrogen and oxygen atoms in total. The van der Waals surface area contributed by atoms with Crippen LogP contribution in [0.25, 0.3) is 11.1 Å². The zero-order valence-electron chi connectivity index (χ0n) is 16.4. The molecule has 0 aliphatic heterocycles. The van der Waals surface area contributed by atoms with E-state index >= 15 is 0 Å². The van der Waals surface area contributed by atoms with E-state index in [1.165, 1.54) is 59.1 Å². The Morgan fingerprint density at radius 1 is 0.708 bits per heavy atom. The largest absolute Gasteiger partial charge is 0.0683 e. The molecule has 1 aliphatic rings. The topological polar surface area (TPSA) is 0 Å². The minimum absolute atomic E-state index is 0.784. The van der Waals surface area contributed by atoms with E-state index in [1.807, 2.05) is 13.8 Å². The summed E-state index contributed by atoms with van der Waals surface area (Å²) in [4.78, 5) is 0. The highest BCUT2D eigenvalue weighted by molar-refractivity contribution is 5.66. The summed E-state index contributed by atoms with van der Waals surface area (Å²) in [5.74, 6) is 1.71. The molecule has 130 valence electrons. The third-order valence-corrected chi connectivity index (χ3v) is 5.66. The molecule has 3 rings (SSSR count). The van der Waals surface area contributed by atoms with E-state index in [2.05, 4.69) is 64.1 Å². The molecule has 1 saturated carbocycles. The fourth-order valence-electron chi connectivity index (χ4n) is 3.74. The Balaban J connectivity index is 0.00000100. The van der Waals surface area contributed by atoms with Crippen molar-refractivity contribution in [1.82, 2.24) is 0 Å². The van der Waals surface area contributed by atoms with Crippen LogP contribution in [-0.4, -0.2) is 0 Å². The van der Waals surface area contributed by atoms with E-state index in [0.717, 1.165) is 11.8 Å². The molecule has 24 heavy (non-hydrogen) atoms. The molecule has 1 aliphatic carbocycles. The summed E-state index contributed by atoms with van der Waals surface area (Å²) in [6.07, 6.45) is 5.51. The smallest absolute Gasteiger partial charge is 0.0162 e. The number of benzene rings is 2. The van der Waals surface area contributed by atoms with Crippen molar-refractivity contribution in [2.45, 2.75) is 73.1 Å². The van der Waals surface area contributed by atoms with Crippen LogP contribution >= 0.6 is 0 Å². The molecule has 0 spiro atoms. The van der Waals surface area contributed by atoms with Crippen molar-refractivity contribution in [2.24, 2.45) is 5.92 Å². The van der Waals surface area contributed by atoms with Crippen LogP contribution in [0.2, 0.25) is 0 Å². The predicted molar refractivity (Wildman–Crippen MR) is 108 cm³/mol. The van der Waals surface area contributed by atoms with E-state index in [0.29, 0.717) is 0 Å². The highest BCUT2D eigenvalue weighted by Crippen LogP contribution is 2.36. The number of rotatable bonds is 2. The third-order valence-electron chi connectivity index (χ3n) is 5.66. The molecule has 0 saturated heterocycles. The maximum atomic E-state index is 2.39. The first kappa shape index (κ1) is 18.8. The molecule has 0 amide bonds. The van der Waals surface area contributed by atoms with Gasteiger partial charge in [-0.3, -0.25) is 0 Å². The van der Waals surface area contributed by atoms with E-state index in [4.69, 9.17) is 0 Å². The van der Waals surface area contributed by atoms with Crippen LogP contribution in [0.4, 0.5) is 0 Å². The van der Waals surface area contributed by atoms with Crippen LogP contribution in [0.3, 0.4) is 0 Å². The van der Waals surface area contributed by atoms with Crippen molar-refractivity contribution < 1.29 is 0 Å². The van der Waals surface area contributed by atoms with Gasteiger partial charge in [-0.1, -0.05) is 70.0 Å². The highest BCUT2D eigenvalue weighted by atomic mass is 14.2. The zero-order valence-corrected chi connectivity index (χ0v) is 16.4. The maximum Gasteiger partial charge on any atom is -0.0162 e. The lowest BCUT2D eigenvalue weighted by Crippen LogP contribution is -2.10. The van der Waals surface area contributed by atoms with Crippen molar-refractivity contribution in [3.63, 3.8) is 0 Å². The average Bonchev–Trinajstić information content (AvgIpc) is 2.62. The standard InChI is InChI=1S/C22H28.C2H6/c1-15-5-7-19(8-6-15)20-9-11-21(12-10-20)22-13-16(2)18(4)17(3)14-22;1-2/h9-15,19H,5-8H2,1-4H3;1-2H3. The Morgan fingerprint density at radius 3 is 1.71 bits per heavy atom. The van der Waals surface area contributed by atoms with Gasteiger partial charge in [-0.05, 0) is 78.8 Å². The molecule has 0 heteroatoms. The molecule has 0 radical (unpaired) electrons. The van der Waals surface area contributed by atoms with E-state index in [1.54, 1.807) is 0 Å². The van der Waals surface area contributed by atoms with Gasteiger partial charge in [0.05, 0.1) is 0 Å². The van der Waals surface area contributed by atoms with Gasteiger partial charge in [0.25, 0.3) is 0 Å². The molecule has 0 atom stereocenters. The Kier molecular flexibility index (Phi) is 6.66. The van der Waals surface area contributed by atoms with Crippen LogP contribution in [-0.2, 0) is 0 Å². The number of aryl methyl sites for hydroxylation is 2. The molecule has 0 aromatic heterocycles. The summed E-state index contributed by atoms with van der Waals surface area (Å²) in [5.41, 5.74) is 8.43. The molecule has 2 aromatic carbocycles.